The van der Waals surface area contributed by atoms with Crippen LogP contribution in [0.1, 0.15) is 54.6 Å². The molecule has 0 radical (unpaired) electrons. The number of piperidine rings is 1. The number of fused-ring (bicyclic) bond motifs is 1. The predicted molar refractivity (Wildman–Crippen MR) is 135 cm³/mol. The van der Waals surface area contributed by atoms with Gasteiger partial charge in [0.15, 0.2) is 0 Å². The van der Waals surface area contributed by atoms with Crippen molar-refractivity contribution in [3.8, 4) is 11.8 Å². The van der Waals surface area contributed by atoms with Crippen LogP contribution in [-0.4, -0.2) is 57.8 Å². The molecular formula is C27H30N6O3. The van der Waals surface area contributed by atoms with Gasteiger partial charge in [-0.05, 0) is 68.7 Å². The molecule has 36 heavy (non-hydrogen) atoms. The number of amides is 1. The Morgan fingerprint density at radius 1 is 1.08 bits per heavy atom. The Kier molecular flexibility index (Phi) is 7.23. The SMILES string of the molecule is N#Cc1ccc(OC2CCC(NC(=O)c3cnc(N4CCC(CO)CC4)cn3)CC2)c2cccnc12. The minimum Gasteiger partial charge on any atom is -0.490 e. The van der Waals surface area contributed by atoms with Crippen LogP contribution in [0.15, 0.2) is 42.9 Å². The number of rotatable bonds is 6. The molecule has 1 aromatic carbocycles. The molecule has 9 nitrogen and oxygen atoms in total. The molecule has 0 spiro atoms. The Balaban J connectivity index is 1.13. The van der Waals surface area contributed by atoms with Gasteiger partial charge in [0.05, 0.1) is 29.6 Å². The van der Waals surface area contributed by atoms with E-state index in [2.05, 4.69) is 31.2 Å². The van der Waals surface area contributed by atoms with Crippen molar-refractivity contribution >= 4 is 22.6 Å². The largest absolute Gasteiger partial charge is 0.490 e. The lowest BCUT2D eigenvalue weighted by Gasteiger charge is -2.31. The van der Waals surface area contributed by atoms with Crippen LogP contribution in [0.4, 0.5) is 5.82 Å². The van der Waals surface area contributed by atoms with E-state index in [-0.39, 0.29) is 24.7 Å². The molecule has 2 aliphatic rings. The maximum Gasteiger partial charge on any atom is 0.271 e. The standard InChI is InChI=1S/C27H30N6O3/c28-14-19-3-8-24(22-2-1-11-29-26(19)22)36-21-6-4-20(5-7-21)32-27(35)23-15-31-25(16-30-23)33-12-9-18(17-34)10-13-33/h1-3,8,11,15-16,18,20-21,34H,4-7,9-10,12-13,17H2,(H,32,35). The molecular weight excluding hydrogens is 456 g/mol. The first-order valence-corrected chi connectivity index (χ1v) is 12.6. The van der Waals surface area contributed by atoms with Crippen molar-refractivity contribution in [3.63, 3.8) is 0 Å². The third kappa shape index (κ3) is 5.24. The monoisotopic (exact) mass is 486 g/mol. The number of aromatic nitrogens is 3. The lowest BCUT2D eigenvalue weighted by Crippen LogP contribution is -2.40. The van der Waals surface area contributed by atoms with Crippen molar-refractivity contribution in [1.82, 2.24) is 20.3 Å². The molecule has 2 fully saturated rings. The summed E-state index contributed by atoms with van der Waals surface area (Å²) in [7, 11) is 0. The second-order valence-electron chi connectivity index (χ2n) is 9.56. The molecule has 2 N–H and O–H groups in total. The van der Waals surface area contributed by atoms with Gasteiger partial charge in [-0.1, -0.05) is 0 Å². The third-order valence-electron chi connectivity index (χ3n) is 7.22. The van der Waals surface area contributed by atoms with Crippen molar-refractivity contribution in [2.45, 2.75) is 50.7 Å². The van der Waals surface area contributed by atoms with Crippen molar-refractivity contribution in [2.24, 2.45) is 5.92 Å². The molecule has 3 aromatic rings. The number of carbonyl (C=O) groups is 1. The number of nitriles is 1. The second kappa shape index (κ2) is 10.9. The van der Waals surface area contributed by atoms with Crippen LogP contribution in [0.5, 0.6) is 5.75 Å². The number of pyridine rings is 1. The molecule has 3 heterocycles. The first-order chi connectivity index (χ1) is 17.6. The molecule has 186 valence electrons. The summed E-state index contributed by atoms with van der Waals surface area (Å²) in [6, 6.07) is 9.61. The highest BCUT2D eigenvalue weighted by Gasteiger charge is 2.25. The van der Waals surface area contributed by atoms with E-state index in [1.807, 2.05) is 18.2 Å². The summed E-state index contributed by atoms with van der Waals surface area (Å²) < 4.78 is 6.29. The fraction of sp³-hybridized carbons (Fsp3) is 0.444. The molecule has 0 unspecified atom stereocenters. The van der Waals surface area contributed by atoms with Gasteiger partial charge in [0.2, 0.25) is 0 Å². The number of aliphatic hydroxyl groups is 1. The number of aliphatic hydroxyl groups excluding tert-OH is 1. The van der Waals surface area contributed by atoms with E-state index < -0.39 is 0 Å². The predicted octanol–water partition coefficient (Wildman–Crippen LogP) is 3.23. The van der Waals surface area contributed by atoms with Gasteiger partial charge in [-0.15, -0.1) is 0 Å². The first-order valence-electron chi connectivity index (χ1n) is 12.6. The van der Waals surface area contributed by atoms with E-state index in [4.69, 9.17) is 4.74 Å². The number of benzene rings is 1. The lowest BCUT2D eigenvalue weighted by atomic mass is 9.92. The average Bonchev–Trinajstić information content (AvgIpc) is 2.94. The van der Waals surface area contributed by atoms with E-state index in [0.717, 1.165) is 68.6 Å². The molecule has 1 aliphatic carbocycles. The van der Waals surface area contributed by atoms with Crippen LogP contribution in [0.25, 0.3) is 10.9 Å². The lowest BCUT2D eigenvalue weighted by molar-refractivity contribution is 0.0889. The Bertz CT molecular complexity index is 1240. The van der Waals surface area contributed by atoms with Crippen LogP contribution < -0.4 is 15.0 Å². The second-order valence-corrected chi connectivity index (χ2v) is 9.56. The third-order valence-corrected chi connectivity index (χ3v) is 7.22. The van der Waals surface area contributed by atoms with E-state index in [0.29, 0.717) is 22.7 Å². The van der Waals surface area contributed by atoms with Crippen LogP contribution in [0, 0.1) is 17.2 Å². The van der Waals surface area contributed by atoms with E-state index in [9.17, 15) is 15.2 Å². The van der Waals surface area contributed by atoms with Crippen LogP contribution in [0.3, 0.4) is 0 Å². The van der Waals surface area contributed by atoms with E-state index >= 15 is 0 Å². The Morgan fingerprint density at radius 3 is 2.58 bits per heavy atom. The number of hydrogen-bond acceptors (Lipinski definition) is 8. The molecule has 1 aliphatic heterocycles. The minimum atomic E-state index is -0.207. The zero-order chi connectivity index (χ0) is 24.9. The Labute approximate surface area is 210 Å². The topological polar surface area (TPSA) is 124 Å². The fourth-order valence-corrected chi connectivity index (χ4v) is 5.05. The maximum absolute atomic E-state index is 12.7. The van der Waals surface area contributed by atoms with Crippen molar-refractivity contribution in [3.05, 3.63) is 54.1 Å². The van der Waals surface area contributed by atoms with Crippen molar-refractivity contribution in [2.75, 3.05) is 24.6 Å². The molecule has 1 saturated carbocycles. The smallest absolute Gasteiger partial charge is 0.271 e. The van der Waals surface area contributed by atoms with Gasteiger partial charge in [0.1, 0.15) is 23.3 Å². The summed E-state index contributed by atoms with van der Waals surface area (Å²) in [6.45, 7) is 1.91. The van der Waals surface area contributed by atoms with E-state index in [1.165, 1.54) is 0 Å². The molecule has 2 aromatic heterocycles. The Morgan fingerprint density at radius 2 is 1.89 bits per heavy atom. The summed E-state index contributed by atoms with van der Waals surface area (Å²) in [5, 5.41) is 22.6. The van der Waals surface area contributed by atoms with Crippen LogP contribution in [-0.2, 0) is 0 Å². The highest BCUT2D eigenvalue weighted by molar-refractivity contribution is 5.92. The number of nitrogens with zero attached hydrogens (tertiary/aromatic N) is 5. The van der Waals surface area contributed by atoms with Gasteiger partial charge in [0.25, 0.3) is 5.91 Å². The summed E-state index contributed by atoms with van der Waals surface area (Å²) >= 11 is 0. The summed E-state index contributed by atoms with van der Waals surface area (Å²) in [4.78, 5) is 28.0. The van der Waals surface area contributed by atoms with Gasteiger partial charge < -0.3 is 20.1 Å². The number of nitrogens with one attached hydrogen (secondary N) is 1. The average molecular weight is 487 g/mol. The van der Waals surface area contributed by atoms with Crippen LogP contribution >= 0.6 is 0 Å². The summed E-state index contributed by atoms with van der Waals surface area (Å²) in [6.07, 6.45) is 10.1. The maximum atomic E-state index is 12.7. The number of hydrogen-bond donors (Lipinski definition) is 2. The molecule has 0 bridgehead atoms. The highest BCUT2D eigenvalue weighted by Crippen LogP contribution is 2.31. The zero-order valence-corrected chi connectivity index (χ0v) is 20.1. The van der Waals surface area contributed by atoms with Gasteiger partial charge in [-0.2, -0.15) is 5.26 Å². The van der Waals surface area contributed by atoms with Crippen molar-refractivity contribution in [1.29, 1.82) is 5.26 Å². The Hall–Kier alpha value is -3.77. The van der Waals surface area contributed by atoms with Gasteiger partial charge in [0, 0.05) is 37.3 Å². The molecule has 0 atom stereocenters. The first kappa shape index (κ1) is 23.9. The van der Waals surface area contributed by atoms with Gasteiger partial charge in [-0.3, -0.25) is 9.78 Å². The summed E-state index contributed by atoms with van der Waals surface area (Å²) in [5.41, 5.74) is 1.51. The zero-order valence-electron chi connectivity index (χ0n) is 20.1. The van der Waals surface area contributed by atoms with E-state index in [1.54, 1.807) is 24.7 Å². The fourth-order valence-electron chi connectivity index (χ4n) is 5.05. The molecule has 9 heteroatoms. The quantitative estimate of drug-likeness (QED) is 0.544. The highest BCUT2D eigenvalue weighted by atomic mass is 16.5. The molecule has 5 rings (SSSR count). The molecule has 1 saturated heterocycles. The minimum absolute atomic E-state index is 0.0449. The van der Waals surface area contributed by atoms with Crippen LogP contribution in [0.2, 0.25) is 0 Å². The van der Waals surface area contributed by atoms with Crippen molar-refractivity contribution < 1.29 is 14.6 Å². The number of anilines is 1. The normalized spacial score (nSPS) is 20.6. The van der Waals surface area contributed by atoms with Gasteiger partial charge in [-0.25, -0.2) is 9.97 Å². The number of carbonyl (C=O) groups excluding carboxylic acids is 1. The molecule has 1 amide bonds. The number of ether oxygens (including phenoxy) is 1. The van der Waals surface area contributed by atoms with Gasteiger partial charge >= 0.3 is 0 Å². The summed E-state index contributed by atoms with van der Waals surface area (Å²) in [5.74, 6) is 1.66.